The van der Waals surface area contributed by atoms with E-state index in [9.17, 15) is 9.90 Å². The van der Waals surface area contributed by atoms with E-state index in [1.807, 2.05) is 38.4 Å². The number of aryl methyl sites for hydroxylation is 1. The third kappa shape index (κ3) is 5.82. The molecule has 6 nitrogen and oxygen atoms in total. The van der Waals surface area contributed by atoms with Crippen molar-refractivity contribution in [1.82, 2.24) is 15.1 Å². The molecule has 0 aliphatic heterocycles. The minimum atomic E-state index is -0.113. The maximum atomic E-state index is 12.7. The number of hydrogen-bond acceptors (Lipinski definition) is 4. The Kier molecular flexibility index (Phi) is 7.42. The second-order valence-electron chi connectivity index (χ2n) is 7.64. The third-order valence-electron chi connectivity index (χ3n) is 5.05. The molecule has 1 amide bonds. The van der Waals surface area contributed by atoms with Gasteiger partial charge in [0, 0.05) is 49.6 Å². The van der Waals surface area contributed by atoms with Gasteiger partial charge >= 0.3 is 0 Å². The summed E-state index contributed by atoms with van der Waals surface area (Å²) in [5.74, 6) is 0.346. The quantitative estimate of drug-likeness (QED) is 0.632. The van der Waals surface area contributed by atoms with E-state index in [1.54, 1.807) is 10.9 Å². The van der Waals surface area contributed by atoms with Crippen LogP contribution in [0.25, 0.3) is 0 Å². The second-order valence-corrected chi connectivity index (χ2v) is 7.64. The predicted octanol–water partition coefficient (Wildman–Crippen LogP) is 2.77. The number of benzene rings is 1. The molecule has 0 radical (unpaired) electrons. The van der Waals surface area contributed by atoms with Crippen molar-refractivity contribution >= 4 is 11.6 Å². The maximum Gasteiger partial charge on any atom is 0.251 e. The van der Waals surface area contributed by atoms with Gasteiger partial charge in [-0.05, 0) is 49.4 Å². The van der Waals surface area contributed by atoms with Crippen molar-refractivity contribution in [2.45, 2.75) is 40.2 Å². The van der Waals surface area contributed by atoms with E-state index < -0.39 is 0 Å². The van der Waals surface area contributed by atoms with Gasteiger partial charge in [0.1, 0.15) is 0 Å². The van der Waals surface area contributed by atoms with E-state index in [0.717, 1.165) is 16.8 Å². The highest BCUT2D eigenvalue weighted by atomic mass is 16.3. The molecule has 1 aromatic carbocycles. The number of nitrogens with zero attached hydrogens (tertiary/aromatic N) is 2. The van der Waals surface area contributed by atoms with Crippen LogP contribution in [0.3, 0.4) is 0 Å². The highest BCUT2D eigenvalue weighted by molar-refractivity contribution is 5.97. The fourth-order valence-corrected chi connectivity index (χ4v) is 2.89. The van der Waals surface area contributed by atoms with E-state index in [1.165, 1.54) is 0 Å². The van der Waals surface area contributed by atoms with Crippen molar-refractivity contribution in [3.8, 4) is 0 Å². The molecule has 0 bridgehead atoms. The summed E-state index contributed by atoms with van der Waals surface area (Å²) in [7, 11) is 1.86. The molecular formula is C21H32N4O2. The van der Waals surface area contributed by atoms with Crippen LogP contribution in [-0.2, 0) is 13.5 Å². The number of hydrogen-bond donors (Lipinski definition) is 3. The normalized spacial score (nSPS) is 13.4. The molecular weight excluding hydrogens is 340 g/mol. The lowest BCUT2D eigenvalue weighted by molar-refractivity contribution is 0.0939. The van der Waals surface area contributed by atoms with Crippen LogP contribution in [-0.4, -0.2) is 40.0 Å². The smallest absolute Gasteiger partial charge is 0.251 e. The summed E-state index contributed by atoms with van der Waals surface area (Å²) in [5, 5.41) is 20.2. The van der Waals surface area contributed by atoms with E-state index in [4.69, 9.17) is 0 Å². The molecule has 0 unspecified atom stereocenters. The lowest BCUT2D eigenvalue weighted by atomic mass is 10.0. The number of aromatic nitrogens is 2. The molecule has 0 aliphatic rings. The van der Waals surface area contributed by atoms with Gasteiger partial charge in [0.05, 0.1) is 6.20 Å². The standard InChI is InChI=1S/C21H32N4O2/c1-14(2)16(4)24-20-8-6-7-19(15(20)3)21(27)22-10-18(13-26)9-17-11-23-25(5)12-17/h6-8,11-12,14,16,18,24,26H,9-10,13H2,1-5H3,(H,22,27)/t16-,18+/m1/s1. The highest BCUT2D eigenvalue weighted by Crippen LogP contribution is 2.21. The van der Waals surface area contributed by atoms with E-state index >= 15 is 0 Å². The van der Waals surface area contributed by atoms with Crippen molar-refractivity contribution in [3.05, 3.63) is 47.3 Å². The topological polar surface area (TPSA) is 79.2 Å². The molecule has 2 atom stereocenters. The van der Waals surface area contributed by atoms with Gasteiger partial charge in [-0.1, -0.05) is 19.9 Å². The summed E-state index contributed by atoms with van der Waals surface area (Å²) in [6, 6.07) is 6.06. The Bertz CT molecular complexity index is 754. The molecule has 3 N–H and O–H groups in total. The number of carbonyl (C=O) groups excluding carboxylic acids is 1. The summed E-state index contributed by atoms with van der Waals surface area (Å²) < 4.78 is 1.74. The minimum absolute atomic E-state index is 0.0155. The first kappa shape index (κ1) is 21.0. The second kappa shape index (κ2) is 9.55. The van der Waals surface area contributed by atoms with Crippen LogP contribution in [0.2, 0.25) is 0 Å². The highest BCUT2D eigenvalue weighted by Gasteiger charge is 2.16. The largest absolute Gasteiger partial charge is 0.396 e. The zero-order valence-corrected chi connectivity index (χ0v) is 17.0. The van der Waals surface area contributed by atoms with Crippen molar-refractivity contribution in [2.75, 3.05) is 18.5 Å². The van der Waals surface area contributed by atoms with Crippen molar-refractivity contribution in [1.29, 1.82) is 0 Å². The first-order valence-electron chi connectivity index (χ1n) is 9.54. The average Bonchev–Trinajstić information content (AvgIpc) is 3.04. The molecule has 2 rings (SSSR count). The summed E-state index contributed by atoms with van der Waals surface area (Å²) in [4.78, 5) is 12.7. The number of aliphatic hydroxyl groups excluding tert-OH is 1. The van der Waals surface area contributed by atoms with Crippen LogP contribution in [0.1, 0.15) is 42.3 Å². The van der Waals surface area contributed by atoms with Gasteiger partial charge in [-0.25, -0.2) is 0 Å². The zero-order chi connectivity index (χ0) is 20.0. The lowest BCUT2D eigenvalue weighted by Crippen LogP contribution is -2.32. The van der Waals surface area contributed by atoms with Crippen molar-refractivity contribution < 1.29 is 9.90 Å². The molecule has 27 heavy (non-hydrogen) atoms. The first-order chi connectivity index (χ1) is 12.8. The Hall–Kier alpha value is -2.34. The molecule has 0 saturated carbocycles. The number of anilines is 1. The Morgan fingerprint density at radius 1 is 1.30 bits per heavy atom. The summed E-state index contributed by atoms with van der Waals surface area (Å²) in [5.41, 5.74) is 3.64. The van der Waals surface area contributed by atoms with Gasteiger partial charge < -0.3 is 15.7 Å². The van der Waals surface area contributed by atoms with Crippen molar-refractivity contribution in [2.24, 2.45) is 18.9 Å². The molecule has 1 aromatic heterocycles. The zero-order valence-electron chi connectivity index (χ0n) is 17.0. The molecule has 0 spiro atoms. The fourth-order valence-electron chi connectivity index (χ4n) is 2.89. The average molecular weight is 373 g/mol. The number of rotatable bonds is 9. The predicted molar refractivity (Wildman–Crippen MR) is 109 cm³/mol. The summed E-state index contributed by atoms with van der Waals surface area (Å²) in [6.07, 6.45) is 4.40. The van der Waals surface area contributed by atoms with Crippen LogP contribution in [0, 0.1) is 18.8 Å². The number of carbonyl (C=O) groups is 1. The van der Waals surface area contributed by atoms with Crippen LogP contribution in [0.4, 0.5) is 5.69 Å². The summed E-state index contributed by atoms with van der Waals surface area (Å²) >= 11 is 0. The Labute approximate surface area is 162 Å². The SMILES string of the molecule is Cc1c(N[C@H](C)C(C)C)cccc1C(=O)NC[C@@H](CO)Cc1cnn(C)c1. The molecule has 2 aromatic rings. The molecule has 6 heteroatoms. The van der Waals surface area contributed by atoms with Crippen LogP contribution in [0.15, 0.2) is 30.6 Å². The molecule has 0 saturated heterocycles. The number of aliphatic hydroxyl groups is 1. The van der Waals surface area contributed by atoms with Gasteiger partial charge in [0.25, 0.3) is 5.91 Å². The van der Waals surface area contributed by atoms with E-state index in [0.29, 0.717) is 30.5 Å². The fraction of sp³-hybridized carbons (Fsp3) is 0.524. The van der Waals surface area contributed by atoms with Crippen molar-refractivity contribution in [3.63, 3.8) is 0 Å². The van der Waals surface area contributed by atoms with Gasteiger partial charge in [-0.2, -0.15) is 5.10 Å². The number of nitrogens with one attached hydrogen (secondary N) is 2. The summed E-state index contributed by atoms with van der Waals surface area (Å²) in [6.45, 7) is 8.87. The Morgan fingerprint density at radius 2 is 2.04 bits per heavy atom. The molecule has 0 fully saturated rings. The Morgan fingerprint density at radius 3 is 2.63 bits per heavy atom. The van der Waals surface area contributed by atoms with Crippen LogP contribution < -0.4 is 10.6 Å². The minimum Gasteiger partial charge on any atom is -0.396 e. The first-order valence-corrected chi connectivity index (χ1v) is 9.54. The molecule has 1 heterocycles. The van der Waals surface area contributed by atoms with Crippen LogP contribution >= 0.6 is 0 Å². The Balaban J connectivity index is 2.00. The lowest BCUT2D eigenvalue weighted by Gasteiger charge is -2.21. The third-order valence-corrected chi connectivity index (χ3v) is 5.05. The molecule has 148 valence electrons. The molecule has 0 aliphatic carbocycles. The van der Waals surface area contributed by atoms with E-state index in [2.05, 4.69) is 36.5 Å². The van der Waals surface area contributed by atoms with E-state index in [-0.39, 0.29) is 18.4 Å². The van der Waals surface area contributed by atoms with Gasteiger partial charge in [-0.15, -0.1) is 0 Å². The monoisotopic (exact) mass is 372 g/mol. The number of amides is 1. The van der Waals surface area contributed by atoms with Crippen LogP contribution in [0.5, 0.6) is 0 Å². The van der Waals surface area contributed by atoms with Gasteiger partial charge in [0.15, 0.2) is 0 Å². The van der Waals surface area contributed by atoms with Gasteiger partial charge in [-0.3, -0.25) is 9.48 Å². The maximum absolute atomic E-state index is 12.7. The van der Waals surface area contributed by atoms with Gasteiger partial charge in [0.2, 0.25) is 0 Å².